The maximum absolute atomic E-state index is 13.3. The molecule has 0 aliphatic rings. The number of rotatable bonds is 6. The van der Waals surface area contributed by atoms with Gasteiger partial charge in [-0.05, 0) is 25.0 Å². The fourth-order valence-corrected chi connectivity index (χ4v) is 1.75. The number of carboxylic acid groups (broad SMARTS) is 1. The van der Waals surface area contributed by atoms with E-state index in [0.717, 1.165) is 0 Å². The Morgan fingerprint density at radius 3 is 2.70 bits per heavy atom. The molecular weight excluding hydrogens is 263 g/mol. The number of nitrogens with one attached hydrogen (secondary N) is 2. The zero-order valence-electron chi connectivity index (χ0n) is 11.6. The minimum atomic E-state index is -0.889. The first-order valence-electron chi connectivity index (χ1n) is 6.45. The summed E-state index contributed by atoms with van der Waals surface area (Å²) in [5.74, 6) is -1.40. The van der Waals surface area contributed by atoms with Crippen LogP contribution in [0.2, 0.25) is 0 Å². The van der Waals surface area contributed by atoms with Crippen molar-refractivity contribution in [2.45, 2.75) is 26.7 Å². The highest BCUT2D eigenvalue weighted by atomic mass is 19.1. The van der Waals surface area contributed by atoms with Gasteiger partial charge in [-0.25, -0.2) is 9.18 Å². The number of benzene rings is 1. The highest BCUT2D eigenvalue weighted by molar-refractivity contribution is 5.90. The van der Waals surface area contributed by atoms with Crippen molar-refractivity contribution in [2.75, 3.05) is 11.9 Å². The summed E-state index contributed by atoms with van der Waals surface area (Å²) in [5, 5.41) is 13.9. The average molecular weight is 282 g/mol. The summed E-state index contributed by atoms with van der Waals surface area (Å²) < 4.78 is 13.3. The fraction of sp³-hybridized carbons (Fsp3) is 0.429. The second-order valence-electron chi connectivity index (χ2n) is 4.62. The molecular formula is C14H19FN2O3. The van der Waals surface area contributed by atoms with Gasteiger partial charge in [0.2, 0.25) is 0 Å². The van der Waals surface area contributed by atoms with Crippen LogP contribution in [-0.4, -0.2) is 23.7 Å². The van der Waals surface area contributed by atoms with Crippen LogP contribution in [-0.2, 0) is 4.79 Å². The summed E-state index contributed by atoms with van der Waals surface area (Å²) in [7, 11) is 0. The van der Waals surface area contributed by atoms with E-state index in [1.165, 1.54) is 12.1 Å². The largest absolute Gasteiger partial charge is 0.481 e. The molecule has 110 valence electrons. The smallest absolute Gasteiger partial charge is 0.319 e. The molecule has 6 heteroatoms. The molecule has 0 aromatic heterocycles. The van der Waals surface area contributed by atoms with Gasteiger partial charge in [0.1, 0.15) is 5.82 Å². The monoisotopic (exact) mass is 282 g/mol. The van der Waals surface area contributed by atoms with Gasteiger partial charge in [0.25, 0.3) is 0 Å². The van der Waals surface area contributed by atoms with Gasteiger partial charge in [-0.1, -0.05) is 19.4 Å². The van der Waals surface area contributed by atoms with Crippen molar-refractivity contribution in [1.82, 2.24) is 5.32 Å². The number of anilines is 1. The van der Waals surface area contributed by atoms with Crippen LogP contribution in [0, 0.1) is 18.7 Å². The van der Waals surface area contributed by atoms with Gasteiger partial charge < -0.3 is 15.7 Å². The quantitative estimate of drug-likeness (QED) is 0.750. The van der Waals surface area contributed by atoms with E-state index in [-0.39, 0.29) is 24.7 Å². The summed E-state index contributed by atoms with van der Waals surface area (Å²) in [6.07, 6.45) is 0.668. The summed E-state index contributed by atoms with van der Waals surface area (Å²) in [6.45, 7) is 3.71. The number of aliphatic carboxylic acids is 1. The van der Waals surface area contributed by atoms with E-state index in [0.29, 0.717) is 17.7 Å². The Kier molecular flexibility index (Phi) is 5.96. The van der Waals surface area contributed by atoms with E-state index >= 15 is 0 Å². The molecule has 5 nitrogen and oxygen atoms in total. The van der Waals surface area contributed by atoms with E-state index in [2.05, 4.69) is 10.6 Å². The molecule has 0 aliphatic heterocycles. The Bertz CT molecular complexity index is 491. The lowest BCUT2D eigenvalue weighted by Crippen LogP contribution is -2.33. The highest BCUT2D eigenvalue weighted by Gasteiger charge is 2.13. The van der Waals surface area contributed by atoms with Gasteiger partial charge >= 0.3 is 12.0 Å². The van der Waals surface area contributed by atoms with Crippen LogP contribution in [0.25, 0.3) is 0 Å². The number of hydrogen-bond acceptors (Lipinski definition) is 2. The third-order valence-corrected chi connectivity index (χ3v) is 3.11. The molecule has 0 fully saturated rings. The van der Waals surface area contributed by atoms with Crippen LogP contribution in [0.5, 0.6) is 0 Å². The second kappa shape index (κ2) is 7.47. The number of carboxylic acids is 1. The Balaban J connectivity index is 2.51. The normalized spacial score (nSPS) is 11.8. The molecule has 2 amide bonds. The van der Waals surface area contributed by atoms with Crippen molar-refractivity contribution in [3.63, 3.8) is 0 Å². The predicted octanol–water partition coefficient (Wildman–Crippen LogP) is 2.76. The van der Waals surface area contributed by atoms with Crippen LogP contribution >= 0.6 is 0 Å². The number of carbonyl (C=O) groups is 2. The Labute approximate surface area is 117 Å². The van der Waals surface area contributed by atoms with E-state index in [4.69, 9.17) is 5.11 Å². The summed E-state index contributed by atoms with van der Waals surface area (Å²) in [4.78, 5) is 22.3. The molecule has 1 aromatic rings. The summed E-state index contributed by atoms with van der Waals surface area (Å²) in [6, 6.07) is 3.96. The number of halogens is 1. The summed E-state index contributed by atoms with van der Waals surface area (Å²) in [5.41, 5.74) is 0.758. The SMILES string of the molecule is CCC(CNC(=O)Nc1cccc(F)c1C)CC(=O)O. The third-order valence-electron chi connectivity index (χ3n) is 3.11. The standard InChI is InChI=1S/C14H19FN2O3/c1-3-10(7-13(18)19)8-16-14(20)17-12-6-4-5-11(15)9(12)2/h4-6,10H,3,7-8H2,1-2H3,(H,18,19)(H2,16,17,20). The Hall–Kier alpha value is -2.11. The van der Waals surface area contributed by atoms with Crippen LogP contribution in [0.15, 0.2) is 18.2 Å². The van der Waals surface area contributed by atoms with Crippen LogP contribution < -0.4 is 10.6 Å². The number of urea groups is 1. The Morgan fingerprint density at radius 2 is 2.10 bits per heavy atom. The zero-order valence-corrected chi connectivity index (χ0v) is 11.6. The first-order valence-corrected chi connectivity index (χ1v) is 6.45. The topological polar surface area (TPSA) is 78.4 Å². The van der Waals surface area contributed by atoms with Crippen molar-refractivity contribution < 1.29 is 19.1 Å². The van der Waals surface area contributed by atoms with Gasteiger partial charge in [-0.15, -0.1) is 0 Å². The predicted molar refractivity (Wildman–Crippen MR) is 74.2 cm³/mol. The second-order valence-corrected chi connectivity index (χ2v) is 4.62. The highest BCUT2D eigenvalue weighted by Crippen LogP contribution is 2.17. The Morgan fingerprint density at radius 1 is 1.40 bits per heavy atom. The van der Waals surface area contributed by atoms with Gasteiger partial charge in [-0.2, -0.15) is 0 Å². The fourth-order valence-electron chi connectivity index (χ4n) is 1.75. The van der Waals surface area contributed by atoms with Gasteiger partial charge in [0, 0.05) is 24.2 Å². The minimum Gasteiger partial charge on any atom is -0.481 e. The maximum Gasteiger partial charge on any atom is 0.319 e. The third kappa shape index (κ3) is 4.87. The van der Waals surface area contributed by atoms with Gasteiger partial charge in [-0.3, -0.25) is 4.79 Å². The van der Waals surface area contributed by atoms with Crippen molar-refractivity contribution in [1.29, 1.82) is 0 Å². The van der Waals surface area contributed by atoms with Gasteiger partial charge in [0.15, 0.2) is 0 Å². The molecule has 1 aromatic carbocycles. The lowest BCUT2D eigenvalue weighted by atomic mass is 10.0. The van der Waals surface area contributed by atoms with Crippen molar-refractivity contribution in [3.05, 3.63) is 29.6 Å². The molecule has 0 saturated heterocycles. The van der Waals surface area contributed by atoms with Crippen molar-refractivity contribution in [2.24, 2.45) is 5.92 Å². The number of amides is 2. The lowest BCUT2D eigenvalue weighted by Gasteiger charge is -2.14. The first-order chi connectivity index (χ1) is 9.43. The molecule has 0 aliphatic carbocycles. The van der Waals surface area contributed by atoms with Crippen molar-refractivity contribution in [3.8, 4) is 0 Å². The molecule has 0 saturated carbocycles. The molecule has 0 spiro atoms. The molecule has 1 unspecified atom stereocenters. The van der Waals surface area contributed by atoms with Crippen molar-refractivity contribution >= 4 is 17.7 Å². The number of hydrogen-bond donors (Lipinski definition) is 3. The van der Waals surface area contributed by atoms with E-state index < -0.39 is 12.0 Å². The van der Waals surface area contributed by atoms with Crippen LogP contribution in [0.4, 0.5) is 14.9 Å². The average Bonchev–Trinajstić information content (AvgIpc) is 2.39. The maximum atomic E-state index is 13.3. The molecule has 0 bridgehead atoms. The van der Waals surface area contributed by atoms with E-state index in [1.54, 1.807) is 13.0 Å². The molecule has 0 heterocycles. The van der Waals surface area contributed by atoms with Crippen LogP contribution in [0.3, 0.4) is 0 Å². The number of carbonyl (C=O) groups excluding carboxylic acids is 1. The molecule has 1 atom stereocenters. The van der Waals surface area contributed by atoms with Gasteiger partial charge in [0.05, 0.1) is 0 Å². The van der Waals surface area contributed by atoms with E-state index in [9.17, 15) is 14.0 Å². The first kappa shape index (κ1) is 15.9. The van der Waals surface area contributed by atoms with Crippen LogP contribution in [0.1, 0.15) is 25.3 Å². The molecule has 1 rings (SSSR count). The minimum absolute atomic E-state index is 0.00970. The zero-order chi connectivity index (χ0) is 15.1. The lowest BCUT2D eigenvalue weighted by molar-refractivity contribution is -0.138. The molecule has 0 radical (unpaired) electrons. The van der Waals surface area contributed by atoms with E-state index in [1.807, 2.05) is 6.92 Å². The molecule has 3 N–H and O–H groups in total. The summed E-state index contributed by atoms with van der Waals surface area (Å²) >= 11 is 0. The molecule has 20 heavy (non-hydrogen) atoms.